The molecule has 7 heteroatoms. The molecule has 0 spiro atoms. The van der Waals surface area contributed by atoms with Gasteiger partial charge in [-0.05, 0) is 30.6 Å². The molecular weight excluding hydrogens is 441 g/mol. The molecule has 0 saturated heterocycles. The van der Waals surface area contributed by atoms with Gasteiger partial charge in [0.2, 0.25) is 0 Å². The topological polar surface area (TPSA) is 63.5 Å². The van der Waals surface area contributed by atoms with Gasteiger partial charge in [-0.1, -0.05) is 26.7 Å². The summed E-state index contributed by atoms with van der Waals surface area (Å²) in [7, 11) is 3.61. The molecule has 0 aromatic carbocycles. The third-order valence-electron chi connectivity index (χ3n) is 5.13. The second-order valence-electron chi connectivity index (χ2n) is 7.62. The van der Waals surface area contributed by atoms with Crippen molar-refractivity contribution in [3.05, 3.63) is 18.2 Å². The first-order valence-corrected chi connectivity index (χ1v) is 9.52. The van der Waals surface area contributed by atoms with E-state index in [1.807, 2.05) is 19.4 Å². The fourth-order valence-corrected chi connectivity index (χ4v) is 3.68. The number of methoxy groups -OCH3 is 1. The van der Waals surface area contributed by atoms with Gasteiger partial charge in [0, 0.05) is 46.2 Å². The van der Waals surface area contributed by atoms with Crippen molar-refractivity contribution in [3.8, 4) is 0 Å². The highest BCUT2D eigenvalue weighted by Gasteiger charge is 2.33. The van der Waals surface area contributed by atoms with Crippen molar-refractivity contribution in [3.63, 3.8) is 0 Å². The van der Waals surface area contributed by atoms with Gasteiger partial charge in [-0.3, -0.25) is 4.99 Å². The van der Waals surface area contributed by atoms with Crippen molar-refractivity contribution < 1.29 is 4.74 Å². The van der Waals surface area contributed by atoms with Crippen LogP contribution in [0.3, 0.4) is 0 Å². The Kier molecular flexibility index (Phi) is 10.5. The standard InChI is InChI=1S/C19H35N5O.HI/c1-16(2)14-24-11-10-21-17(24)13-22-18(20-3)23-15-19(9-12-25-4)7-5-6-8-19;/h10-11,16H,5-9,12-15H2,1-4H3,(H2,20,22,23);1H. The molecule has 0 atom stereocenters. The quantitative estimate of drug-likeness (QED) is 0.325. The third-order valence-corrected chi connectivity index (χ3v) is 5.13. The summed E-state index contributed by atoms with van der Waals surface area (Å²) in [5.41, 5.74) is 0.351. The number of aromatic nitrogens is 2. The van der Waals surface area contributed by atoms with Crippen molar-refractivity contribution in [1.82, 2.24) is 20.2 Å². The van der Waals surface area contributed by atoms with Crippen LogP contribution in [-0.2, 0) is 17.8 Å². The summed E-state index contributed by atoms with van der Waals surface area (Å²) >= 11 is 0. The molecule has 0 amide bonds. The van der Waals surface area contributed by atoms with Gasteiger partial charge in [0.15, 0.2) is 5.96 Å². The van der Waals surface area contributed by atoms with Crippen LogP contribution in [0.4, 0.5) is 0 Å². The Morgan fingerprint density at radius 3 is 2.69 bits per heavy atom. The molecule has 2 rings (SSSR count). The normalized spacial score (nSPS) is 16.6. The summed E-state index contributed by atoms with van der Waals surface area (Å²) < 4.78 is 7.53. The van der Waals surface area contributed by atoms with E-state index < -0.39 is 0 Å². The number of nitrogens with one attached hydrogen (secondary N) is 2. The summed E-state index contributed by atoms with van der Waals surface area (Å²) in [6.07, 6.45) is 10.2. The van der Waals surface area contributed by atoms with Crippen LogP contribution in [0.15, 0.2) is 17.4 Å². The van der Waals surface area contributed by atoms with Crippen LogP contribution in [0.25, 0.3) is 0 Å². The number of hydrogen-bond donors (Lipinski definition) is 2. The van der Waals surface area contributed by atoms with Crippen molar-refractivity contribution in [2.45, 2.75) is 59.0 Å². The number of nitrogens with zero attached hydrogens (tertiary/aromatic N) is 3. The van der Waals surface area contributed by atoms with Gasteiger partial charge in [0.25, 0.3) is 0 Å². The van der Waals surface area contributed by atoms with E-state index in [0.29, 0.717) is 17.9 Å². The zero-order valence-electron chi connectivity index (χ0n) is 16.8. The number of imidazole rings is 1. The molecule has 2 N–H and O–H groups in total. The Bertz CT molecular complexity index is 538. The number of rotatable bonds is 9. The van der Waals surface area contributed by atoms with E-state index in [9.17, 15) is 0 Å². The summed E-state index contributed by atoms with van der Waals surface area (Å²) in [6, 6.07) is 0. The van der Waals surface area contributed by atoms with Crippen LogP contribution in [0.5, 0.6) is 0 Å². The van der Waals surface area contributed by atoms with E-state index in [0.717, 1.165) is 37.9 Å². The zero-order chi connectivity index (χ0) is 18.1. The van der Waals surface area contributed by atoms with Crippen molar-refractivity contribution in [1.29, 1.82) is 0 Å². The van der Waals surface area contributed by atoms with E-state index in [1.165, 1.54) is 25.7 Å². The fraction of sp³-hybridized carbons (Fsp3) is 0.789. The summed E-state index contributed by atoms with van der Waals surface area (Å²) in [4.78, 5) is 8.84. The minimum atomic E-state index is 0. The van der Waals surface area contributed by atoms with E-state index >= 15 is 0 Å². The molecule has 1 saturated carbocycles. The largest absolute Gasteiger partial charge is 0.385 e. The second-order valence-corrected chi connectivity index (χ2v) is 7.62. The van der Waals surface area contributed by atoms with Crippen LogP contribution >= 0.6 is 24.0 Å². The molecule has 0 bridgehead atoms. The molecule has 26 heavy (non-hydrogen) atoms. The highest BCUT2D eigenvalue weighted by atomic mass is 127. The molecule has 1 fully saturated rings. The molecule has 0 aliphatic heterocycles. The molecule has 150 valence electrons. The lowest BCUT2D eigenvalue weighted by atomic mass is 9.83. The van der Waals surface area contributed by atoms with Gasteiger partial charge < -0.3 is 19.9 Å². The molecule has 1 aromatic heterocycles. The van der Waals surface area contributed by atoms with E-state index in [-0.39, 0.29) is 24.0 Å². The van der Waals surface area contributed by atoms with Crippen molar-refractivity contribution in [2.24, 2.45) is 16.3 Å². The average Bonchev–Trinajstić information content (AvgIpc) is 3.23. The first-order chi connectivity index (χ1) is 12.1. The van der Waals surface area contributed by atoms with E-state index in [2.05, 4.69) is 39.0 Å². The Labute approximate surface area is 175 Å². The lowest BCUT2D eigenvalue weighted by Gasteiger charge is -2.30. The van der Waals surface area contributed by atoms with E-state index in [1.54, 1.807) is 7.11 Å². The van der Waals surface area contributed by atoms with Gasteiger partial charge in [-0.15, -0.1) is 24.0 Å². The average molecular weight is 477 g/mol. The molecular formula is C19H36IN5O. The monoisotopic (exact) mass is 477 g/mol. The number of halogens is 1. The SMILES string of the molecule is CN=C(NCc1nccn1CC(C)C)NCC1(CCOC)CCCC1.I. The molecule has 0 radical (unpaired) electrons. The predicted octanol–water partition coefficient (Wildman–Crippen LogP) is 3.42. The Balaban J connectivity index is 0.00000338. The zero-order valence-corrected chi connectivity index (χ0v) is 19.1. The third kappa shape index (κ3) is 7.06. The highest BCUT2D eigenvalue weighted by molar-refractivity contribution is 14.0. The number of guanidine groups is 1. The first-order valence-electron chi connectivity index (χ1n) is 9.52. The van der Waals surface area contributed by atoms with Crippen molar-refractivity contribution >= 4 is 29.9 Å². The molecule has 6 nitrogen and oxygen atoms in total. The fourth-order valence-electron chi connectivity index (χ4n) is 3.68. The molecule has 1 aliphatic carbocycles. The lowest BCUT2D eigenvalue weighted by molar-refractivity contribution is 0.138. The Morgan fingerprint density at radius 2 is 2.08 bits per heavy atom. The smallest absolute Gasteiger partial charge is 0.191 e. The summed E-state index contributed by atoms with van der Waals surface area (Å²) in [6.45, 7) is 7.90. The Morgan fingerprint density at radius 1 is 1.35 bits per heavy atom. The highest BCUT2D eigenvalue weighted by Crippen LogP contribution is 2.40. The first kappa shape index (κ1) is 23.2. The maximum Gasteiger partial charge on any atom is 0.191 e. The minimum Gasteiger partial charge on any atom is -0.385 e. The van der Waals surface area contributed by atoms with Gasteiger partial charge in [0.1, 0.15) is 5.82 Å². The van der Waals surface area contributed by atoms with Gasteiger partial charge >= 0.3 is 0 Å². The van der Waals surface area contributed by atoms with Crippen LogP contribution in [0.2, 0.25) is 0 Å². The number of ether oxygens (including phenoxy) is 1. The van der Waals surface area contributed by atoms with E-state index in [4.69, 9.17) is 4.74 Å². The summed E-state index contributed by atoms with van der Waals surface area (Å²) in [5, 5.41) is 6.94. The predicted molar refractivity (Wildman–Crippen MR) is 118 cm³/mol. The van der Waals surface area contributed by atoms with Crippen molar-refractivity contribution in [2.75, 3.05) is 27.3 Å². The lowest BCUT2D eigenvalue weighted by Crippen LogP contribution is -2.43. The molecule has 1 heterocycles. The molecule has 1 aliphatic rings. The van der Waals surface area contributed by atoms with Gasteiger partial charge in [0.05, 0.1) is 6.54 Å². The van der Waals surface area contributed by atoms with Gasteiger partial charge in [-0.25, -0.2) is 4.98 Å². The Hall–Kier alpha value is -0.830. The number of aliphatic imine (C=N–C) groups is 1. The van der Waals surface area contributed by atoms with Crippen LogP contribution in [-0.4, -0.2) is 42.8 Å². The molecule has 0 unspecified atom stereocenters. The molecule has 1 aromatic rings. The van der Waals surface area contributed by atoms with Crippen LogP contribution in [0, 0.1) is 11.3 Å². The minimum absolute atomic E-state index is 0. The second kappa shape index (κ2) is 11.8. The summed E-state index contributed by atoms with van der Waals surface area (Å²) in [5.74, 6) is 2.50. The van der Waals surface area contributed by atoms with Crippen LogP contribution < -0.4 is 10.6 Å². The maximum absolute atomic E-state index is 5.32. The number of hydrogen-bond acceptors (Lipinski definition) is 3. The van der Waals surface area contributed by atoms with Gasteiger partial charge in [-0.2, -0.15) is 0 Å². The maximum atomic E-state index is 5.32. The van der Waals surface area contributed by atoms with Crippen LogP contribution in [0.1, 0.15) is 51.8 Å².